The fraction of sp³-hybridized carbons (Fsp3) is 0.286. The quantitative estimate of drug-likeness (QED) is 0.626. The van der Waals surface area contributed by atoms with E-state index in [9.17, 15) is 0 Å². The first-order chi connectivity index (χ1) is 4.70. The molecule has 1 aromatic rings. The maximum absolute atomic E-state index is 5.46. The summed E-state index contributed by atoms with van der Waals surface area (Å²) in [7, 11) is 0. The lowest BCUT2D eigenvalue weighted by molar-refractivity contribution is 1.02. The van der Waals surface area contributed by atoms with Gasteiger partial charge < -0.3 is 10.3 Å². The van der Waals surface area contributed by atoms with Crippen molar-refractivity contribution >= 4 is 6.20 Å². The average molecular weight is 137 g/mol. The van der Waals surface area contributed by atoms with Gasteiger partial charge in [0.25, 0.3) is 0 Å². The Morgan fingerprint density at radius 1 is 1.80 bits per heavy atom. The van der Waals surface area contributed by atoms with Gasteiger partial charge >= 0.3 is 0 Å². The molecule has 0 aliphatic carbocycles. The molecule has 1 heterocycles. The Balaban J connectivity index is 2.95. The van der Waals surface area contributed by atoms with E-state index in [0.29, 0.717) is 0 Å². The molecule has 1 rings (SSSR count). The third-order valence-corrected chi connectivity index (χ3v) is 1.21. The minimum Gasteiger partial charge on any atom is -0.401 e. The lowest BCUT2D eigenvalue weighted by Gasteiger charge is -1.95. The topological polar surface area (TPSA) is 43.8 Å². The van der Waals surface area contributed by atoms with Crippen LogP contribution in [0.4, 0.5) is 0 Å². The fourth-order valence-electron chi connectivity index (χ4n) is 0.743. The number of aryl methyl sites for hydroxylation is 1. The molecule has 0 unspecified atom stereocenters. The molecule has 3 nitrogen and oxygen atoms in total. The molecule has 0 aliphatic rings. The third kappa shape index (κ3) is 1.37. The van der Waals surface area contributed by atoms with Gasteiger partial charge in [-0.1, -0.05) is 0 Å². The number of hydrogen-bond donors (Lipinski definition) is 1. The Hall–Kier alpha value is -1.25. The Kier molecular flexibility index (Phi) is 1.76. The van der Waals surface area contributed by atoms with Crippen molar-refractivity contribution < 1.29 is 0 Å². The number of nitrogens with two attached hydrogens (primary N) is 1. The first-order valence-electron chi connectivity index (χ1n) is 3.13. The molecule has 0 saturated heterocycles. The summed E-state index contributed by atoms with van der Waals surface area (Å²) >= 11 is 0. The summed E-state index contributed by atoms with van der Waals surface area (Å²) in [5, 5.41) is 0. The first-order valence-corrected chi connectivity index (χ1v) is 3.13. The van der Waals surface area contributed by atoms with Crippen molar-refractivity contribution in [3.63, 3.8) is 0 Å². The standard InChI is InChI=1S/C7H11N3/c1-6(8)5-10-4-3-9-7(10)2/h3-5H,8H2,1-2H3/b6-5-. The number of hydrogen-bond acceptors (Lipinski definition) is 2. The highest BCUT2D eigenvalue weighted by Crippen LogP contribution is 1.96. The molecule has 0 aromatic carbocycles. The summed E-state index contributed by atoms with van der Waals surface area (Å²) in [5.41, 5.74) is 6.24. The molecule has 0 fully saturated rings. The second-order valence-electron chi connectivity index (χ2n) is 2.25. The highest BCUT2D eigenvalue weighted by Gasteiger charge is 1.90. The number of rotatable bonds is 1. The number of allylic oxidation sites excluding steroid dienone is 1. The van der Waals surface area contributed by atoms with Gasteiger partial charge in [-0.25, -0.2) is 4.98 Å². The first kappa shape index (κ1) is 6.86. The number of imidazole rings is 1. The molecule has 0 radical (unpaired) electrons. The van der Waals surface area contributed by atoms with E-state index in [-0.39, 0.29) is 0 Å². The van der Waals surface area contributed by atoms with Crippen LogP contribution in [0.15, 0.2) is 18.1 Å². The second-order valence-corrected chi connectivity index (χ2v) is 2.25. The van der Waals surface area contributed by atoms with E-state index in [2.05, 4.69) is 4.98 Å². The zero-order valence-electron chi connectivity index (χ0n) is 6.20. The van der Waals surface area contributed by atoms with Gasteiger partial charge in [0.1, 0.15) is 5.82 Å². The number of nitrogens with zero attached hydrogens (tertiary/aromatic N) is 2. The van der Waals surface area contributed by atoms with E-state index in [1.54, 1.807) is 6.20 Å². The third-order valence-electron chi connectivity index (χ3n) is 1.21. The molecule has 54 valence electrons. The van der Waals surface area contributed by atoms with E-state index in [1.165, 1.54) is 0 Å². The summed E-state index contributed by atoms with van der Waals surface area (Å²) in [6.07, 6.45) is 5.45. The van der Waals surface area contributed by atoms with E-state index in [4.69, 9.17) is 5.73 Å². The van der Waals surface area contributed by atoms with Crippen molar-refractivity contribution in [2.75, 3.05) is 0 Å². The van der Waals surface area contributed by atoms with Crippen molar-refractivity contribution in [2.45, 2.75) is 13.8 Å². The van der Waals surface area contributed by atoms with Crippen LogP contribution >= 0.6 is 0 Å². The monoisotopic (exact) mass is 137 g/mol. The minimum atomic E-state index is 0.779. The van der Waals surface area contributed by atoms with Gasteiger partial charge in [-0.15, -0.1) is 0 Å². The Bertz CT molecular complexity index is 243. The second kappa shape index (κ2) is 2.56. The van der Waals surface area contributed by atoms with E-state index in [1.807, 2.05) is 30.8 Å². The molecular weight excluding hydrogens is 126 g/mol. The lowest BCUT2D eigenvalue weighted by Crippen LogP contribution is -1.95. The summed E-state index contributed by atoms with van der Waals surface area (Å²) in [4.78, 5) is 4.03. The maximum Gasteiger partial charge on any atom is 0.109 e. The zero-order valence-corrected chi connectivity index (χ0v) is 6.20. The van der Waals surface area contributed by atoms with Crippen LogP contribution in [0.2, 0.25) is 0 Å². The summed E-state index contributed by atoms with van der Waals surface area (Å²) in [6.45, 7) is 3.78. The van der Waals surface area contributed by atoms with Crippen LogP contribution in [-0.4, -0.2) is 9.55 Å². The normalized spacial score (nSPS) is 12.0. The maximum atomic E-state index is 5.46. The predicted octanol–water partition coefficient (Wildman–Crippen LogP) is 0.969. The average Bonchev–Trinajstić information content (AvgIpc) is 2.15. The molecule has 10 heavy (non-hydrogen) atoms. The highest BCUT2D eigenvalue weighted by molar-refractivity contribution is 5.28. The van der Waals surface area contributed by atoms with Gasteiger partial charge in [0, 0.05) is 24.3 Å². The van der Waals surface area contributed by atoms with Crippen LogP contribution in [-0.2, 0) is 0 Å². The van der Waals surface area contributed by atoms with Crippen LogP contribution < -0.4 is 5.73 Å². The van der Waals surface area contributed by atoms with Gasteiger partial charge in [-0.2, -0.15) is 0 Å². The van der Waals surface area contributed by atoms with Crippen molar-refractivity contribution in [3.8, 4) is 0 Å². The van der Waals surface area contributed by atoms with Crippen LogP contribution in [0.1, 0.15) is 12.7 Å². The van der Waals surface area contributed by atoms with Gasteiger partial charge in [-0.05, 0) is 13.8 Å². The van der Waals surface area contributed by atoms with Crippen molar-refractivity contribution in [1.29, 1.82) is 0 Å². The van der Waals surface area contributed by atoms with Gasteiger partial charge in [-0.3, -0.25) is 0 Å². The van der Waals surface area contributed by atoms with Crippen LogP contribution in [0.3, 0.4) is 0 Å². The van der Waals surface area contributed by atoms with Crippen LogP contribution in [0.25, 0.3) is 6.20 Å². The molecule has 0 saturated carbocycles. The molecule has 2 N–H and O–H groups in total. The predicted molar refractivity (Wildman–Crippen MR) is 41.1 cm³/mol. The molecule has 0 spiro atoms. The van der Waals surface area contributed by atoms with Crippen molar-refractivity contribution in [1.82, 2.24) is 9.55 Å². The molecule has 0 bridgehead atoms. The minimum absolute atomic E-state index is 0.779. The molecule has 0 atom stereocenters. The Labute approximate surface area is 60.2 Å². The SMILES string of the molecule is C/C(N)=C/n1ccnc1C. The largest absolute Gasteiger partial charge is 0.401 e. The molecule has 0 aliphatic heterocycles. The van der Waals surface area contributed by atoms with E-state index < -0.39 is 0 Å². The smallest absolute Gasteiger partial charge is 0.109 e. The Morgan fingerprint density at radius 2 is 2.50 bits per heavy atom. The van der Waals surface area contributed by atoms with E-state index >= 15 is 0 Å². The molecule has 3 heteroatoms. The summed E-state index contributed by atoms with van der Waals surface area (Å²) in [6, 6.07) is 0. The van der Waals surface area contributed by atoms with Crippen molar-refractivity contribution in [2.24, 2.45) is 5.73 Å². The molecular formula is C7H11N3. The van der Waals surface area contributed by atoms with Crippen LogP contribution in [0.5, 0.6) is 0 Å². The highest BCUT2D eigenvalue weighted by atomic mass is 15.0. The Morgan fingerprint density at radius 3 is 2.90 bits per heavy atom. The van der Waals surface area contributed by atoms with Gasteiger partial charge in [0.05, 0.1) is 0 Å². The summed E-state index contributed by atoms with van der Waals surface area (Å²) < 4.78 is 1.88. The summed E-state index contributed by atoms with van der Waals surface area (Å²) in [5.74, 6) is 0.949. The van der Waals surface area contributed by atoms with E-state index in [0.717, 1.165) is 11.5 Å². The van der Waals surface area contributed by atoms with Crippen molar-refractivity contribution in [3.05, 3.63) is 23.9 Å². The fourth-order valence-corrected chi connectivity index (χ4v) is 0.743. The van der Waals surface area contributed by atoms with Gasteiger partial charge in [0.2, 0.25) is 0 Å². The van der Waals surface area contributed by atoms with Crippen LogP contribution in [0, 0.1) is 6.92 Å². The number of aromatic nitrogens is 2. The lowest BCUT2D eigenvalue weighted by atomic mass is 10.5. The zero-order chi connectivity index (χ0) is 7.56. The molecule has 0 amide bonds. The molecule has 1 aromatic heterocycles. The van der Waals surface area contributed by atoms with Gasteiger partial charge in [0.15, 0.2) is 0 Å².